The van der Waals surface area contributed by atoms with Crippen molar-refractivity contribution in [3.8, 4) is 0 Å². The van der Waals surface area contributed by atoms with Crippen molar-refractivity contribution in [2.45, 2.75) is 25.4 Å². The van der Waals surface area contributed by atoms with Gasteiger partial charge in [0.05, 0.1) is 14.1 Å². The van der Waals surface area contributed by atoms with Crippen molar-refractivity contribution in [1.29, 1.82) is 0 Å². The molecule has 1 unspecified atom stereocenters. The summed E-state index contributed by atoms with van der Waals surface area (Å²) >= 11 is 0. The average molecular weight is 272 g/mol. The van der Waals surface area contributed by atoms with Gasteiger partial charge in [-0.1, -0.05) is 13.5 Å². The number of hydrogen-bond acceptors (Lipinski definition) is 3. The molecule has 0 saturated heterocycles. The summed E-state index contributed by atoms with van der Waals surface area (Å²) in [6.07, 6.45) is 2.41. The Labute approximate surface area is 115 Å². The van der Waals surface area contributed by atoms with E-state index < -0.39 is 11.6 Å². The lowest BCUT2D eigenvalue weighted by molar-refractivity contribution is -0.946. The van der Waals surface area contributed by atoms with Gasteiger partial charge in [0.2, 0.25) is 5.91 Å². The van der Waals surface area contributed by atoms with Gasteiger partial charge in [-0.2, -0.15) is 0 Å². The van der Waals surface area contributed by atoms with E-state index in [0.29, 0.717) is 6.42 Å². The van der Waals surface area contributed by atoms with Crippen LogP contribution in [0.15, 0.2) is 12.7 Å². The molecule has 6 heteroatoms. The Morgan fingerprint density at radius 3 is 2.26 bits per heavy atom. The molecule has 19 heavy (non-hydrogen) atoms. The lowest BCUT2D eigenvalue weighted by Crippen LogP contribution is -2.72. The van der Waals surface area contributed by atoms with E-state index in [1.165, 1.54) is 6.08 Å². The lowest BCUT2D eigenvalue weighted by atomic mass is 9.99. The summed E-state index contributed by atoms with van der Waals surface area (Å²) in [5, 5.41) is 12.4. The Morgan fingerprint density at radius 2 is 1.95 bits per heavy atom. The smallest absolute Gasteiger partial charge is 0.382 e. The number of aliphatic carboxylic acids is 1. The van der Waals surface area contributed by atoms with Crippen LogP contribution in [-0.4, -0.2) is 66.9 Å². The van der Waals surface area contributed by atoms with Gasteiger partial charge in [0, 0.05) is 6.42 Å². The van der Waals surface area contributed by atoms with Crippen molar-refractivity contribution in [2.75, 3.05) is 34.9 Å². The summed E-state index contributed by atoms with van der Waals surface area (Å²) in [5.74, 6) is -1.20. The van der Waals surface area contributed by atoms with Crippen LogP contribution in [0.3, 0.4) is 0 Å². The number of carbonyl (C=O) groups excluding carboxylic acids is 1. The minimum Gasteiger partial charge on any atom is -0.476 e. The zero-order chi connectivity index (χ0) is 15.3. The van der Waals surface area contributed by atoms with Crippen LogP contribution in [0.5, 0.6) is 0 Å². The highest BCUT2D eigenvalue weighted by atomic mass is 16.4. The van der Waals surface area contributed by atoms with Crippen LogP contribution >= 0.6 is 0 Å². The van der Waals surface area contributed by atoms with E-state index in [9.17, 15) is 14.7 Å². The molecule has 0 saturated carbocycles. The number of quaternary nitrogens is 1. The maximum absolute atomic E-state index is 11.8. The molecule has 0 aliphatic carbocycles. The minimum absolute atomic E-state index is 0.128. The fourth-order valence-electron chi connectivity index (χ4n) is 2.45. The molecule has 1 amide bonds. The fraction of sp³-hybridized carbons (Fsp3) is 0.692. The molecule has 0 bridgehead atoms. The van der Waals surface area contributed by atoms with E-state index in [-0.39, 0.29) is 17.1 Å². The Balaban J connectivity index is 5.37. The van der Waals surface area contributed by atoms with Crippen molar-refractivity contribution < 1.29 is 19.2 Å². The molecule has 0 aromatic rings. The second kappa shape index (κ2) is 6.68. The monoisotopic (exact) mass is 272 g/mol. The maximum atomic E-state index is 11.8. The molecule has 0 fully saturated rings. The molecule has 0 rings (SSSR count). The van der Waals surface area contributed by atoms with Gasteiger partial charge in [-0.05, 0) is 26.6 Å². The fourth-order valence-corrected chi connectivity index (χ4v) is 2.45. The summed E-state index contributed by atoms with van der Waals surface area (Å²) in [4.78, 5) is 24.8. The number of likely N-dealkylation sites (N-methyl/N-ethyl adjacent to an activating group) is 2. The third-order valence-corrected chi connectivity index (χ3v) is 3.52. The first kappa shape index (κ1) is 17.6. The molecular formula is C13H26N3O3+. The van der Waals surface area contributed by atoms with Gasteiger partial charge in [0.15, 0.2) is 6.67 Å². The topological polar surface area (TPSA) is 69.6 Å². The van der Waals surface area contributed by atoms with Gasteiger partial charge >= 0.3 is 5.97 Å². The van der Waals surface area contributed by atoms with Gasteiger partial charge in [-0.25, -0.2) is 9.69 Å². The molecule has 1 atom stereocenters. The van der Waals surface area contributed by atoms with Crippen LogP contribution in [0.25, 0.3) is 0 Å². The average Bonchev–Trinajstić information content (AvgIpc) is 2.31. The van der Waals surface area contributed by atoms with Gasteiger partial charge in [0.25, 0.3) is 5.66 Å². The van der Waals surface area contributed by atoms with E-state index in [1.807, 2.05) is 6.92 Å². The zero-order valence-corrected chi connectivity index (χ0v) is 12.6. The number of rotatable bonds is 8. The molecule has 0 aliphatic rings. The van der Waals surface area contributed by atoms with Crippen LogP contribution in [-0.2, 0) is 9.59 Å². The SMILES string of the molecule is C=CC(=O)NC[N+](C)(C)C(CCC)(C(=O)O)N(C)C. The predicted molar refractivity (Wildman–Crippen MR) is 74.3 cm³/mol. The number of nitrogens with one attached hydrogen (secondary N) is 1. The number of amides is 1. The lowest BCUT2D eigenvalue weighted by Gasteiger charge is -2.48. The van der Waals surface area contributed by atoms with Crippen LogP contribution in [0.2, 0.25) is 0 Å². The highest BCUT2D eigenvalue weighted by Gasteiger charge is 2.54. The number of hydrogen-bond donors (Lipinski definition) is 2. The molecule has 0 spiro atoms. The number of carboxylic acids is 1. The van der Waals surface area contributed by atoms with Crippen molar-refractivity contribution >= 4 is 11.9 Å². The Bertz CT molecular complexity index is 353. The van der Waals surface area contributed by atoms with E-state index in [4.69, 9.17) is 0 Å². The maximum Gasteiger partial charge on any atom is 0.382 e. The van der Waals surface area contributed by atoms with Crippen LogP contribution in [0.4, 0.5) is 0 Å². The summed E-state index contributed by atoms with van der Waals surface area (Å²) in [6, 6.07) is 0. The van der Waals surface area contributed by atoms with Crippen molar-refractivity contribution in [3.05, 3.63) is 12.7 Å². The Kier molecular flexibility index (Phi) is 6.18. The second-order valence-electron chi connectivity index (χ2n) is 5.35. The van der Waals surface area contributed by atoms with E-state index >= 15 is 0 Å². The largest absolute Gasteiger partial charge is 0.476 e. The molecule has 2 N–H and O–H groups in total. The first-order valence-electron chi connectivity index (χ1n) is 6.30. The number of carbonyl (C=O) groups is 2. The van der Waals surface area contributed by atoms with Gasteiger partial charge < -0.3 is 10.4 Å². The minimum atomic E-state index is -1.08. The first-order valence-corrected chi connectivity index (χ1v) is 6.30. The standard InChI is InChI=1S/C13H25N3O3/c1-7-9-13(12(18)19,15(3)4)16(5,6)10-14-11(17)8-2/h8H,2,7,9-10H2,1,3-6H3,(H-,14,17,18,19)/p+1. The molecular weight excluding hydrogens is 246 g/mol. The third-order valence-electron chi connectivity index (χ3n) is 3.52. The Hall–Kier alpha value is -1.40. The summed E-state index contributed by atoms with van der Waals surface area (Å²) in [5.41, 5.74) is -1.08. The molecule has 0 aliphatic heterocycles. The third kappa shape index (κ3) is 3.54. The van der Waals surface area contributed by atoms with Crippen molar-refractivity contribution in [1.82, 2.24) is 10.2 Å². The van der Waals surface area contributed by atoms with Gasteiger partial charge in [-0.15, -0.1) is 0 Å². The van der Waals surface area contributed by atoms with E-state index in [0.717, 1.165) is 6.42 Å². The van der Waals surface area contributed by atoms with E-state index in [2.05, 4.69) is 11.9 Å². The normalized spacial score (nSPS) is 14.8. The quantitative estimate of drug-likeness (QED) is 0.383. The Morgan fingerprint density at radius 1 is 1.42 bits per heavy atom. The highest BCUT2D eigenvalue weighted by Crippen LogP contribution is 2.28. The van der Waals surface area contributed by atoms with Gasteiger partial charge in [-0.3, -0.25) is 9.28 Å². The first-order chi connectivity index (χ1) is 8.65. The summed E-state index contributed by atoms with van der Waals surface area (Å²) in [6.45, 7) is 5.55. The predicted octanol–water partition coefficient (Wildman–Crippen LogP) is 0.465. The number of nitrogens with zero attached hydrogens (tertiary/aromatic N) is 2. The molecule has 0 aromatic heterocycles. The summed E-state index contributed by atoms with van der Waals surface area (Å²) < 4.78 is 0.128. The van der Waals surface area contributed by atoms with Gasteiger partial charge in [0.1, 0.15) is 0 Å². The molecule has 6 nitrogen and oxygen atoms in total. The van der Waals surface area contributed by atoms with Crippen molar-refractivity contribution in [3.63, 3.8) is 0 Å². The molecule has 110 valence electrons. The molecule has 0 aromatic carbocycles. The van der Waals surface area contributed by atoms with E-state index in [1.54, 1.807) is 33.1 Å². The molecule has 0 radical (unpaired) electrons. The summed E-state index contributed by atoms with van der Waals surface area (Å²) in [7, 11) is 7.10. The van der Waals surface area contributed by atoms with Crippen LogP contribution in [0, 0.1) is 0 Å². The highest BCUT2D eigenvalue weighted by molar-refractivity contribution is 5.86. The zero-order valence-electron chi connectivity index (χ0n) is 12.6. The second-order valence-corrected chi connectivity index (χ2v) is 5.35. The van der Waals surface area contributed by atoms with Crippen LogP contribution in [0.1, 0.15) is 19.8 Å². The van der Waals surface area contributed by atoms with Crippen LogP contribution < -0.4 is 5.32 Å². The van der Waals surface area contributed by atoms with Crippen molar-refractivity contribution in [2.24, 2.45) is 0 Å². The molecule has 0 heterocycles. The number of carboxylic acid groups (broad SMARTS) is 1.